The number of rotatable bonds is 10. The van der Waals surface area contributed by atoms with E-state index >= 15 is 0 Å². The second-order valence-electron chi connectivity index (χ2n) is 6.81. The monoisotopic (exact) mass is 400 g/mol. The van der Waals surface area contributed by atoms with E-state index in [-0.39, 0.29) is 6.04 Å². The molecule has 7 nitrogen and oxygen atoms in total. The number of hydrogen-bond donors (Lipinski definition) is 5. The molecule has 0 fully saturated rings. The summed E-state index contributed by atoms with van der Waals surface area (Å²) in [7, 11) is 3.44. The summed E-state index contributed by atoms with van der Waals surface area (Å²) in [5, 5.41) is 16.9. The van der Waals surface area contributed by atoms with E-state index in [2.05, 4.69) is 10.6 Å². The minimum absolute atomic E-state index is 0.137. The van der Waals surface area contributed by atoms with Gasteiger partial charge in [-0.15, -0.1) is 0 Å². The lowest BCUT2D eigenvalue weighted by Crippen LogP contribution is -2.17. The Hall–Kier alpha value is -2.74. The van der Waals surface area contributed by atoms with Gasteiger partial charge in [0, 0.05) is 42.1 Å². The Labute approximate surface area is 172 Å². The van der Waals surface area contributed by atoms with Crippen LogP contribution in [0.25, 0.3) is 5.70 Å². The molecule has 2 atom stereocenters. The van der Waals surface area contributed by atoms with Gasteiger partial charge in [-0.1, -0.05) is 12.1 Å². The van der Waals surface area contributed by atoms with Gasteiger partial charge >= 0.3 is 0 Å². The quantitative estimate of drug-likeness (QED) is 0.389. The first-order chi connectivity index (χ1) is 13.9. The van der Waals surface area contributed by atoms with Crippen LogP contribution in [0.4, 0.5) is 5.69 Å². The van der Waals surface area contributed by atoms with Crippen LogP contribution in [-0.4, -0.2) is 38.5 Å². The van der Waals surface area contributed by atoms with Gasteiger partial charge in [0.25, 0.3) is 0 Å². The number of methoxy groups -OCH3 is 1. The molecule has 2 rings (SSSR count). The zero-order valence-corrected chi connectivity index (χ0v) is 17.5. The van der Waals surface area contributed by atoms with Gasteiger partial charge < -0.3 is 36.7 Å². The van der Waals surface area contributed by atoms with E-state index in [1.54, 1.807) is 7.11 Å². The Kier molecular flexibility index (Phi) is 8.33. The summed E-state index contributed by atoms with van der Waals surface area (Å²) in [6, 6.07) is 11.1. The first-order valence-corrected chi connectivity index (χ1v) is 9.61. The topological polar surface area (TPSA) is 115 Å². The second kappa shape index (κ2) is 10.7. The highest BCUT2D eigenvalue weighted by Crippen LogP contribution is 2.30. The molecule has 0 spiro atoms. The lowest BCUT2D eigenvalue weighted by molar-refractivity contribution is 0.207. The Morgan fingerprint density at radius 2 is 1.97 bits per heavy atom. The van der Waals surface area contributed by atoms with Crippen LogP contribution in [0.15, 0.2) is 42.5 Å². The average Bonchev–Trinajstić information content (AvgIpc) is 2.71. The molecular weight excluding hydrogens is 368 g/mol. The number of aryl methyl sites for hydroxylation is 1. The highest BCUT2D eigenvalue weighted by atomic mass is 16.5. The lowest BCUT2D eigenvalue weighted by atomic mass is 10.1. The molecular formula is C22H32N4O3. The Bertz CT molecular complexity index is 837. The molecule has 0 saturated carbocycles. The minimum Gasteiger partial charge on any atom is -0.496 e. The summed E-state index contributed by atoms with van der Waals surface area (Å²) >= 11 is 0. The van der Waals surface area contributed by atoms with Crippen LogP contribution in [-0.2, 0) is 0 Å². The van der Waals surface area contributed by atoms with Gasteiger partial charge in [0.2, 0.25) is 0 Å². The molecule has 0 aliphatic carbocycles. The molecule has 0 aliphatic heterocycles. The number of hydrogen-bond acceptors (Lipinski definition) is 7. The largest absolute Gasteiger partial charge is 0.496 e. The van der Waals surface area contributed by atoms with E-state index in [0.29, 0.717) is 24.5 Å². The molecule has 0 aromatic heterocycles. The van der Waals surface area contributed by atoms with E-state index in [9.17, 15) is 5.11 Å². The van der Waals surface area contributed by atoms with Crippen LogP contribution in [0.3, 0.4) is 0 Å². The van der Waals surface area contributed by atoms with Gasteiger partial charge in [0.15, 0.2) is 6.23 Å². The van der Waals surface area contributed by atoms with Crippen LogP contribution >= 0.6 is 0 Å². The fourth-order valence-electron chi connectivity index (χ4n) is 2.94. The Morgan fingerprint density at radius 1 is 1.21 bits per heavy atom. The molecule has 0 aliphatic rings. The summed E-state index contributed by atoms with van der Waals surface area (Å²) in [5.41, 5.74) is 15.6. The molecule has 2 aromatic carbocycles. The predicted octanol–water partition coefficient (Wildman–Crippen LogP) is 2.35. The molecule has 158 valence electrons. The van der Waals surface area contributed by atoms with Crippen LogP contribution in [0.2, 0.25) is 0 Å². The van der Waals surface area contributed by atoms with E-state index in [1.165, 1.54) is 0 Å². The van der Waals surface area contributed by atoms with Crippen molar-refractivity contribution in [2.24, 2.45) is 11.5 Å². The van der Waals surface area contributed by atoms with Crippen LogP contribution < -0.4 is 31.6 Å². The number of aliphatic hydroxyl groups is 1. The molecule has 29 heavy (non-hydrogen) atoms. The van der Waals surface area contributed by atoms with Crippen molar-refractivity contribution < 1.29 is 14.6 Å². The number of nitrogens with two attached hydrogens (primary N) is 2. The molecule has 0 bridgehead atoms. The molecule has 0 saturated heterocycles. The summed E-state index contributed by atoms with van der Waals surface area (Å²) in [4.78, 5) is 0. The minimum atomic E-state index is -0.899. The van der Waals surface area contributed by atoms with E-state index in [0.717, 1.165) is 28.3 Å². The van der Waals surface area contributed by atoms with Crippen molar-refractivity contribution in [1.82, 2.24) is 5.32 Å². The third-order valence-electron chi connectivity index (χ3n) is 4.40. The van der Waals surface area contributed by atoms with Crippen molar-refractivity contribution in [1.29, 1.82) is 0 Å². The lowest BCUT2D eigenvalue weighted by Gasteiger charge is -2.19. The first-order valence-electron chi connectivity index (χ1n) is 9.61. The molecule has 0 amide bonds. The highest BCUT2D eigenvalue weighted by Gasteiger charge is 2.14. The molecule has 7 N–H and O–H groups in total. The maximum atomic E-state index is 10.7. The third kappa shape index (κ3) is 6.12. The number of nitrogens with one attached hydrogen (secondary N) is 2. The van der Waals surface area contributed by atoms with Gasteiger partial charge in [-0.25, -0.2) is 0 Å². The summed E-state index contributed by atoms with van der Waals surface area (Å²) in [5.74, 6) is 1.42. The predicted molar refractivity (Wildman–Crippen MR) is 118 cm³/mol. The number of benzene rings is 2. The summed E-state index contributed by atoms with van der Waals surface area (Å²) in [6.07, 6.45) is 1.01. The smallest absolute Gasteiger partial charge is 0.150 e. The van der Waals surface area contributed by atoms with Crippen LogP contribution in [0.1, 0.15) is 29.8 Å². The second-order valence-corrected chi connectivity index (χ2v) is 6.81. The number of anilines is 1. The standard InChI is InChI=1S/C22H32N4O3/c1-14-5-6-16(12-21(14)28-4)22(27)26-17-7-8-20(29-10-9-23)18(13-17)19(25-3)11-15(2)24/h5-8,11-13,15,22,25-27H,9-10,23-24H2,1-4H3/b19-11-. The van der Waals surface area contributed by atoms with Crippen molar-refractivity contribution in [2.75, 3.05) is 32.6 Å². The van der Waals surface area contributed by atoms with Crippen LogP contribution in [0.5, 0.6) is 11.5 Å². The summed E-state index contributed by atoms with van der Waals surface area (Å²) < 4.78 is 11.1. The molecule has 2 unspecified atom stereocenters. The van der Waals surface area contributed by atoms with E-state index < -0.39 is 6.23 Å². The van der Waals surface area contributed by atoms with Gasteiger partial charge in [-0.05, 0) is 49.8 Å². The van der Waals surface area contributed by atoms with Gasteiger partial charge in [0.1, 0.15) is 18.1 Å². The fourth-order valence-corrected chi connectivity index (χ4v) is 2.94. The van der Waals surface area contributed by atoms with E-state index in [1.807, 2.05) is 63.4 Å². The van der Waals surface area contributed by atoms with Crippen LogP contribution in [0, 0.1) is 6.92 Å². The van der Waals surface area contributed by atoms with Crippen molar-refractivity contribution >= 4 is 11.4 Å². The van der Waals surface area contributed by atoms with Crippen molar-refractivity contribution in [3.05, 3.63) is 59.2 Å². The fraction of sp³-hybridized carbons (Fsp3) is 0.364. The Morgan fingerprint density at radius 3 is 2.59 bits per heavy atom. The first kappa shape index (κ1) is 22.5. The maximum Gasteiger partial charge on any atom is 0.150 e. The van der Waals surface area contributed by atoms with Gasteiger partial charge in [0.05, 0.1) is 7.11 Å². The van der Waals surface area contributed by atoms with Gasteiger partial charge in [-0.3, -0.25) is 0 Å². The zero-order valence-electron chi connectivity index (χ0n) is 17.5. The number of ether oxygens (including phenoxy) is 2. The van der Waals surface area contributed by atoms with Crippen molar-refractivity contribution in [3.63, 3.8) is 0 Å². The van der Waals surface area contributed by atoms with E-state index in [4.69, 9.17) is 20.9 Å². The normalized spacial score (nSPS) is 13.6. The SMILES string of the molecule is CN/C(=C\C(C)N)c1cc(NC(O)c2ccc(C)c(OC)c2)ccc1OCCN. The van der Waals surface area contributed by atoms with Crippen molar-refractivity contribution in [3.8, 4) is 11.5 Å². The third-order valence-corrected chi connectivity index (χ3v) is 4.40. The van der Waals surface area contributed by atoms with Gasteiger partial charge in [-0.2, -0.15) is 0 Å². The summed E-state index contributed by atoms with van der Waals surface area (Å²) in [6.45, 7) is 4.67. The Balaban J connectivity index is 2.34. The molecule has 2 aromatic rings. The molecule has 0 heterocycles. The number of aliphatic hydroxyl groups excluding tert-OH is 1. The van der Waals surface area contributed by atoms with Crippen molar-refractivity contribution in [2.45, 2.75) is 26.1 Å². The molecule has 7 heteroatoms. The molecule has 0 radical (unpaired) electrons. The average molecular weight is 401 g/mol. The maximum absolute atomic E-state index is 10.7. The highest BCUT2D eigenvalue weighted by molar-refractivity contribution is 5.73. The zero-order chi connectivity index (χ0) is 21.4.